The van der Waals surface area contributed by atoms with Crippen LogP contribution in [-0.2, 0) is 19.6 Å². The minimum absolute atomic E-state index is 0.144. The van der Waals surface area contributed by atoms with E-state index in [0.29, 0.717) is 19.0 Å². The molecule has 1 heterocycles. The summed E-state index contributed by atoms with van der Waals surface area (Å²) in [5.41, 5.74) is 0.185. The first-order chi connectivity index (χ1) is 12.8. The van der Waals surface area contributed by atoms with E-state index in [-0.39, 0.29) is 17.0 Å². The van der Waals surface area contributed by atoms with Gasteiger partial charge >= 0.3 is 5.97 Å². The van der Waals surface area contributed by atoms with Crippen LogP contribution < -0.4 is 5.32 Å². The van der Waals surface area contributed by atoms with Crippen molar-refractivity contribution in [2.24, 2.45) is 5.92 Å². The molecular formula is C19H26N2O5S. The molecule has 0 aromatic heterocycles. The number of hydrogen-bond acceptors (Lipinski definition) is 5. The summed E-state index contributed by atoms with van der Waals surface area (Å²) in [6, 6.07) is 5.59. The van der Waals surface area contributed by atoms with E-state index >= 15 is 0 Å². The monoisotopic (exact) mass is 394 g/mol. The van der Waals surface area contributed by atoms with Crippen molar-refractivity contribution in [2.75, 3.05) is 19.6 Å². The number of rotatable bonds is 7. The lowest BCUT2D eigenvalue weighted by molar-refractivity contribution is -0.128. The van der Waals surface area contributed by atoms with Gasteiger partial charge in [0.15, 0.2) is 6.10 Å². The average molecular weight is 394 g/mol. The molecule has 2 rings (SSSR count). The molecule has 27 heavy (non-hydrogen) atoms. The third-order valence-electron chi connectivity index (χ3n) is 4.54. The van der Waals surface area contributed by atoms with Crippen LogP contribution in [0.5, 0.6) is 0 Å². The third-order valence-corrected chi connectivity index (χ3v) is 6.46. The number of carbonyl (C=O) groups is 2. The molecule has 1 atom stereocenters. The highest BCUT2D eigenvalue weighted by atomic mass is 32.2. The molecule has 1 N–H and O–H groups in total. The second kappa shape index (κ2) is 9.14. The molecule has 0 aliphatic carbocycles. The quantitative estimate of drug-likeness (QED) is 0.564. The minimum Gasteiger partial charge on any atom is -0.449 e. The van der Waals surface area contributed by atoms with Gasteiger partial charge in [0.2, 0.25) is 10.0 Å². The average Bonchev–Trinajstić information content (AvgIpc) is 2.66. The minimum atomic E-state index is -3.57. The zero-order valence-electron chi connectivity index (χ0n) is 15.7. The summed E-state index contributed by atoms with van der Waals surface area (Å²) in [6.45, 7) is 8.36. The molecule has 0 radical (unpaired) electrons. The highest BCUT2D eigenvalue weighted by Gasteiger charge is 2.28. The Bertz CT molecular complexity index is 781. The van der Waals surface area contributed by atoms with Crippen molar-refractivity contribution in [3.8, 4) is 0 Å². The van der Waals surface area contributed by atoms with E-state index in [0.717, 1.165) is 12.8 Å². The van der Waals surface area contributed by atoms with Crippen LogP contribution in [0.3, 0.4) is 0 Å². The Hall–Kier alpha value is -2.19. The topological polar surface area (TPSA) is 92.8 Å². The number of ether oxygens (including phenoxy) is 1. The van der Waals surface area contributed by atoms with Crippen molar-refractivity contribution in [3.63, 3.8) is 0 Å². The molecule has 0 saturated carbocycles. The first-order valence-electron chi connectivity index (χ1n) is 8.95. The molecule has 7 nitrogen and oxygen atoms in total. The summed E-state index contributed by atoms with van der Waals surface area (Å²) >= 11 is 0. The predicted molar refractivity (Wildman–Crippen MR) is 102 cm³/mol. The van der Waals surface area contributed by atoms with E-state index in [9.17, 15) is 18.0 Å². The molecule has 1 aliphatic heterocycles. The third kappa shape index (κ3) is 5.40. The number of nitrogens with zero attached hydrogens (tertiary/aromatic N) is 1. The van der Waals surface area contributed by atoms with Crippen LogP contribution in [0.4, 0.5) is 0 Å². The van der Waals surface area contributed by atoms with E-state index in [1.54, 1.807) is 0 Å². The van der Waals surface area contributed by atoms with Crippen molar-refractivity contribution >= 4 is 21.9 Å². The standard InChI is InChI=1S/C19H26N2O5S/c1-4-11-20-18(22)15(3)26-19(23)16-5-7-17(8-6-16)27(24,25)21-12-9-14(2)10-13-21/h4-8,14-15H,1,9-13H2,2-3H3,(H,20,22)/t15-/m1/s1. The molecule has 1 aromatic carbocycles. The van der Waals surface area contributed by atoms with Crippen LogP contribution in [0.1, 0.15) is 37.0 Å². The molecule has 0 spiro atoms. The number of nitrogens with one attached hydrogen (secondary N) is 1. The Labute approximate surface area is 160 Å². The van der Waals surface area contributed by atoms with Gasteiger partial charge < -0.3 is 10.1 Å². The van der Waals surface area contributed by atoms with E-state index in [4.69, 9.17) is 4.74 Å². The van der Waals surface area contributed by atoms with Gasteiger partial charge in [-0.2, -0.15) is 4.31 Å². The van der Waals surface area contributed by atoms with Crippen molar-refractivity contribution in [1.82, 2.24) is 9.62 Å². The second-order valence-corrected chi connectivity index (χ2v) is 8.63. The number of carbonyl (C=O) groups excluding carboxylic acids is 2. The summed E-state index contributed by atoms with van der Waals surface area (Å²) < 4.78 is 32.0. The molecule has 8 heteroatoms. The number of piperidine rings is 1. The van der Waals surface area contributed by atoms with Crippen molar-refractivity contribution in [2.45, 2.75) is 37.7 Å². The smallest absolute Gasteiger partial charge is 0.338 e. The summed E-state index contributed by atoms with van der Waals surface area (Å²) in [5, 5.41) is 2.54. The maximum atomic E-state index is 12.7. The second-order valence-electron chi connectivity index (χ2n) is 6.69. The lowest BCUT2D eigenvalue weighted by Gasteiger charge is -2.29. The van der Waals surface area contributed by atoms with Crippen molar-refractivity contribution in [1.29, 1.82) is 0 Å². The molecular weight excluding hydrogens is 368 g/mol. The molecule has 1 amide bonds. The number of amides is 1. The van der Waals surface area contributed by atoms with Gasteiger partial charge in [-0.3, -0.25) is 4.79 Å². The maximum absolute atomic E-state index is 12.7. The Balaban J connectivity index is 2.02. The summed E-state index contributed by atoms with van der Waals surface area (Å²) in [6.07, 6.45) is 2.25. The van der Waals surface area contributed by atoms with Crippen LogP contribution in [0.2, 0.25) is 0 Å². The highest BCUT2D eigenvalue weighted by Crippen LogP contribution is 2.23. The van der Waals surface area contributed by atoms with Crippen LogP contribution in [0, 0.1) is 5.92 Å². The van der Waals surface area contributed by atoms with Gasteiger partial charge in [-0.1, -0.05) is 13.0 Å². The first-order valence-corrected chi connectivity index (χ1v) is 10.4. The van der Waals surface area contributed by atoms with E-state index in [2.05, 4.69) is 18.8 Å². The number of benzene rings is 1. The lowest BCUT2D eigenvalue weighted by Crippen LogP contribution is -2.37. The van der Waals surface area contributed by atoms with Gasteiger partial charge in [0.25, 0.3) is 5.91 Å². The van der Waals surface area contributed by atoms with Crippen LogP contribution >= 0.6 is 0 Å². The fraction of sp³-hybridized carbons (Fsp3) is 0.474. The molecule has 0 unspecified atom stereocenters. The van der Waals surface area contributed by atoms with Gasteiger partial charge in [-0.05, 0) is 49.9 Å². The highest BCUT2D eigenvalue weighted by molar-refractivity contribution is 7.89. The van der Waals surface area contributed by atoms with E-state index in [1.807, 2.05) is 0 Å². The van der Waals surface area contributed by atoms with Gasteiger partial charge in [0, 0.05) is 19.6 Å². The van der Waals surface area contributed by atoms with Gasteiger partial charge in [-0.25, -0.2) is 13.2 Å². The summed E-state index contributed by atoms with van der Waals surface area (Å²) in [7, 11) is -3.57. The fourth-order valence-electron chi connectivity index (χ4n) is 2.74. The fourth-order valence-corrected chi connectivity index (χ4v) is 4.21. The zero-order valence-corrected chi connectivity index (χ0v) is 16.5. The lowest BCUT2D eigenvalue weighted by atomic mass is 10.0. The Morgan fingerprint density at radius 3 is 2.44 bits per heavy atom. The molecule has 1 aromatic rings. The summed E-state index contributed by atoms with van der Waals surface area (Å²) in [4.78, 5) is 24.0. The van der Waals surface area contributed by atoms with E-state index < -0.39 is 28.0 Å². The SMILES string of the molecule is C=CCNC(=O)[C@@H](C)OC(=O)c1ccc(S(=O)(=O)N2CCC(C)CC2)cc1. The molecule has 0 bridgehead atoms. The largest absolute Gasteiger partial charge is 0.449 e. The van der Waals surface area contributed by atoms with Gasteiger partial charge in [-0.15, -0.1) is 6.58 Å². The number of esters is 1. The van der Waals surface area contributed by atoms with Crippen LogP contribution in [0.15, 0.2) is 41.8 Å². The zero-order chi connectivity index (χ0) is 20.0. The van der Waals surface area contributed by atoms with Crippen molar-refractivity contribution in [3.05, 3.63) is 42.5 Å². The Morgan fingerprint density at radius 2 is 1.89 bits per heavy atom. The maximum Gasteiger partial charge on any atom is 0.338 e. The van der Waals surface area contributed by atoms with Gasteiger partial charge in [0.1, 0.15) is 0 Å². The first kappa shape index (κ1) is 21.1. The van der Waals surface area contributed by atoms with Crippen LogP contribution in [-0.4, -0.2) is 50.3 Å². The summed E-state index contributed by atoms with van der Waals surface area (Å²) in [5.74, 6) is -0.590. The van der Waals surface area contributed by atoms with Crippen molar-refractivity contribution < 1.29 is 22.7 Å². The predicted octanol–water partition coefficient (Wildman–Crippen LogP) is 1.95. The van der Waals surface area contributed by atoms with Crippen LogP contribution in [0.25, 0.3) is 0 Å². The molecule has 1 saturated heterocycles. The molecule has 148 valence electrons. The Morgan fingerprint density at radius 1 is 1.30 bits per heavy atom. The van der Waals surface area contributed by atoms with Gasteiger partial charge in [0.05, 0.1) is 10.5 Å². The van der Waals surface area contributed by atoms with E-state index in [1.165, 1.54) is 41.6 Å². The normalized spacial score (nSPS) is 17.1. The molecule has 1 fully saturated rings. The Kier molecular flexibility index (Phi) is 7.15. The molecule has 1 aliphatic rings. The number of sulfonamides is 1. The number of hydrogen-bond donors (Lipinski definition) is 1.